The smallest absolute Gasteiger partial charge is 0.169 e. The lowest BCUT2D eigenvalue weighted by molar-refractivity contribution is 0.102. The lowest BCUT2D eigenvalue weighted by Crippen LogP contribution is -2.26. The Morgan fingerprint density at radius 3 is 2.75 bits per heavy atom. The number of Topliss-reactive ketones (excluding diaryl/α,β-unsaturated/α-hetero) is 1. The van der Waals surface area contributed by atoms with Gasteiger partial charge in [-0.25, -0.2) is 4.98 Å². The summed E-state index contributed by atoms with van der Waals surface area (Å²) in [6, 6.07) is 10.1. The Kier molecular flexibility index (Phi) is 4.62. The maximum atomic E-state index is 11.7. The molecular weight excluding hydrogens is 420 g/mol. The molecule has 0 aromatic carbocycles. The van der Waals surface area contributed by atoms with Crippen LogP contribution in [0.5, 0.6) is 0 Å². The highest BCUT2D eigenvalue weighted by atomic mass is 32.1. The molecule has 32 heavy (non-hydrogen) atoms. The fourth-order valence-electron chi connectivity index (χ4n) is 4.54. The van der Waals surface area contributed by atoms with Crippen molar-refractivity contribution in [3.05, 3.63) is 53.2 Å². The molecule has 1 saturated heterocycles. The van der Waals surface area contributed by atoms with E-state index in [1.807, 2.05) is 24.4 Å². The molecule has 5 aromatic heterocycles. The van der Waals surface area contributed by atoms with Crippen molar-refractivity contribution in [1.29, 1.82) is 0 Å². The van der Waals surface area contributed by atoms with E-state index in [1.165, 1.54) is 16.9 Å². The molecule has 1 aliphatic heterocycles. The van der Waals surface area contributed by atoms with Crippen LogP contribution in [0.2, 0.25) is 0 Å². The van der Waals surface area contributed by atoms with Crippen LogP contribution >= 0.6 is 11.3 Å². The summed E-state index contributed by atoms with van der Waals surface area (Å²) >= 11 is 1.47. The highest BCUT2D eigenvalue weighted by Crippen LogP contribution is 2.36. The number of rotatable bonds is 4. The van der Waals surface area contributed by atoms with Crippen LogP contribution in [-0.2, 0) is 0 Å². The van der Waals surface area contributed by atoms with Crippen LogP contribution in [0.4, 0.5) is 0 Å². The second-order valence-corrected chi connectivity index (χ2v) is 9.37. The molecule has 0 spiro atoms. The van der Waals surface area contributed by atoms with Crippen LogP contribution in [0.1, 0.15) is 40.9 Å². The second-order valence-electron chi connectivity index (χ2n) is 8.29. The molecular formula is C24H22N6OS. The van der Waals surface area contributed by atoms with E-state index in [9.17, 15) is 4.79 Å². The number of aromatic amines is 2. The molecule has 3 N–H and O–H groups in total. The zero-order valence-corrected chi connectivity index (χ0v) is 18.4. The minimum absolute atomic E-state index is 0.0724. The van der Waals surface area contributed by atoms with E-state index in [4.69, 9.17) is 0 Å². The minimum atomic E-state index is 0.0724. The van der Waals surface area contributed by atoms with Gasteiger partial charge in [0.15, 0.2) is 11.4 Å². The highest BCUT2D eigenvalue weighted by Gasteiger charge is 2.19. The van der Waals surface area contributed by atoms with Crippen LogP contribution in [0.15, 0.2) is 42.7 Å². The minimum Gasteiger partial charge on any atom is -0.353 e. The first kappa shape index (κ1) is 19.3. The fraction of sp³-hybridized carbons (Fsp3) is 0.250. The predicted octanol–water partition coefficient (Wildman–Crippen LogP) is 4.90. The van der Waals surface area contributed by atoms with Gasteiger partial charge in [-0.1, -0.05) is 0 Å². The molecule has 0 atom stereocenters. The van der Waals surface area contributed by atoms with E-state index < -0.39 is 0 Å². The van der Waals surface area contributed by atoms with Gasteiger partial charge >= 0.3 is 0 Å². The third kappa shape index (κ3) is 3.23. The zero-order valence-electron chi connectivity index (χ0n) is 17.6. The van der Waals surface area contributed by atoms with Gasteiger partial charge in [0, 0.05) is 28.7 Å². The molecule has 0 saturated carbocycles. The number of nitrogens with one attached hydrogen (secondary N) is 3. The average Bonchev–Trinajstić information content (AvgIpc) is 3.56. The van der Waals surface area contributed by atoms with Gasteiger partial charge < -0.3 is 10.3 Å². The van der Waals surface area contributed by atoms with E-state index >= 15 is 0 Å². The molecule has 1 fully saturated rings. The summed E-state index contributed by atoms with van der Waals surface area (Å²) in [5.74, 6) is 0.604. The molecule has 160 valence electrons. The summed E-state index contributed by atoms with van der Waals surface area (Å²) in [5.41, 5.74) is 5.71. The van der Waals surface area contributed by atoms with Crippen LogP contribution < -0.4 is 5.32 Å². The summed E-state index contributed by atoms with van der Waals surface area (Å²) in [7, 11) is 0. The molecule has 1 aliphatic rings. The monoisotopic (exact) mass is 442 g/mol. The number of thiophene rings is 1. The van der Waals surface area contributed by atoms with Crippen molar-refractivity contribution >= 4 is 39.1 Å². The quantitative estimate of drug-likeness (QED) is 0.344. The molecule has 5 aromatic rings. The van der Waals surface area contributed by atoms with Crippen molar-refractivity contribution < 1.29 is 4.79 Å². The number of hydrogen-bond acceptors (Lipinski definition) is 6. The van der Waals surface area contributed by atoms with Gasteiger partial charge in [0.2, 0.25) is 0 Å². The predicted molar refractivity (Wildman–Crippen MR) is 127 cm³/mol. The normalized spacial score (nSPS) is 15.0. The van der Waals surface area contributed by atoms with Crippen molar-refractivity contribution in [1.82, 2.24) is 30.5 Å². The topological polar surface area (TPSA) is 99.4 Å². The van der Waals surface area contributed by atoms with Gasteiger partial charge in [-0.05, 0) is 74.7 Å². The fourth-order valence-corrected chi connectivity index (χ4v) is 5.45. The average molecular weight is 443 g/mol. The number of carbonyl (C=O) groups excluding carboxylic acids is 1. The van der Waals surface area contributed by atoms with Crippen LogP contribution in [0.25, 0.3) is 43.9 Å². The van der Waals surface area contributed by atoms with E-state index in [2.05, 4.69) is 42.6 Å². The summed E-state index contributed by atoms with van der Waals surface area (Å²) in [4.78, 5) is 26.2. The van der Waals surface area contributed by atoms with E-state index in [0.717, 1.165) is 74.7 Å². The van der Waals surface area contributed by atoms with Crippen molar-refractivity contribution in [2.75, 3.05) is 13.1 Å². The third-order valence-corrected chi connectivity index (χ3v) is 7.43. The Morgan fingerprint density at radius 2 is 1.94 bits per heavy atom. The maximum absolute atomic E-state index is 11.7. The number of H-pyrrole nitrogens is 2. The summed E-state index contributed by atoms with van der Waals surface area (Å²) < 4.78 is 0. The van der Waals surface area contributed by atoms with Crippen LogP contribution in [0.3, 0.4) is 0 Å². The first-order chi connectivity index (χ1) is 15.7. The van der Waals surface area contributed by atoms with Gasteiger partial charge in [0.05, 0.1) is 21.1 Å². The number of nitrogens with zero attached hydrogens (tertiary/aromatic N) is 3. The standard InChI is InChI=1S/C24H22N6OS/c1-13(31)20-2-3-21(32-20)23-16-11-19(28-18(16)6-9-26-23)22-17-10-15(12-27-24(17)30-29-22)14-4-7-25-8-5-14/h2-3,6,9-12,14,25,28H,4-5,7-8H2,1H3,(H,27,29,30). The number of carbonyl (C=O) groups is 1. The molecule has 0 aliphatic carbocycles. The van der Waals surface area contributed by atoms with E-state index in [1.54, 1.807) is 13.1 Å². The Balaban J connectivity index is 1.44. The summed E-state index contributed by atoms with van der Waals surface area (Å²) in [6.45, 7) is 3.69. The molecule has 7 nitrogen and oxygen atoms in total. The summed E-state index contributed by atoms with van der Waals surface area (Å²) in [6.07, 6.45) is 6.04. The van der Waals surface area contributed by atoms with E-state index in [0.29, 0.717) is 5.92 Å². The first-order valence-electron chi connectivity index (χ1n) is 10.8. The van der Waals surface area contributed by atoms with E-state index in [-0.39, 0.29) is 5.78 Å². The van der Waals surface area contributed by atoms with Crippen LogP contribution in [0, 0.1) is 0 Å². The molecule has 0 bridgehead atoms. The first-order valence-corrected chi connectivity index (χ1v) is 11.6. The Bertz CT molecular complexity index is 1460. The van der Waals surface area contributed by atoms with Crippen molar-refractivity contribution in [3.63, 3.8) is 0 Å². The summed E-state index contributed by atoms with van der Waals surface area (Å²) in [5, 5.41) is 13.1. The largest absolute Gasteiger partial charge is 0.353 e. The number of aromatic nitrogens is 5. The van der Waals surface area contributed by atoms with Crippen molar-refractivity contribution in [2.45, 2.75) is 25.7 Å². The highest BCUT2D eigenvalue weighted by molar-refractivity contribution is 7.17. The molecule has 0 radical (unpaired) electrons. The molecule has 8 heteroatoms. The van der Waals surface area contributed by atoms with Gasteiger partial charge in [-0.15, -0.1) is 11.3 Å². The van der Waals surface area contributed by atoms with Crippen LogP contribution in [-0.4, -0.2) is 44.0 Å². The number of ketones is 1. The number of pyridine rings is 2. The Labute approximate surface area is 188 Å². The lowest BCUT2D eigenvalue weighted by atomic mass is 9.91. The molecule has 0 unspecified atom stereocenters. The van der Waals surface area contributed by atoms with Crippen molar-refractivity contribution in [2.24, 2.45) is 0 Å². The number of hydrogen-bond donors (Lipinski definition) is 3. The van der Waals surface area contributed by atoms with Gasteiger partial charge in [-0.3, -0.25) is 14.9 Å². The number of piperidine rings is 1. The SMILES string of the molecule is CC(=O)c1ccc(-c2nccc3[nH]c(-c4n[nH]c5ncc(C6CCNCC6)cc45)cc23)s1. The molecule has 0 amide bonds. The van der Waals surface area contributed by atoms with Gasteiger partial charge in [-0.2, -0.15) is 5.10 Å². The second kappa shape index (κ2) is 7.65. The van der Waals surface area contributed by atoms with Crippen molar-refractivity contribution in [3.8, 4) is 22.0 Å². The molecule has 6 heterocycles. The lowest BCUT2D eigenvalue weighted by Gasteiger charge is -2.22. The third-order valence-electron chi connectivity index (χ3n) is 6.24. The Morgan fingerprint density at radius 1 is 1.06 bits per heavy atom. The zero-order chi connectivity index (χ0) is 21.7. The van der Waals surface area contributed by atoms with Gasteiger partial charge in [0.1, 0.15) is 5.69 Å². The van der Waals surface area contributed by atoms with Gasteiger partial charge in [0.25, 0.3) is 0 Å². The maximum Gasteiger partial charge on any atom is 0.169 e. The Hall–Kier alpha value is -3.36. The number of fused-ring (bicyclic) bond motifs is 2. The molecule has 6 rings (SSSR count).